The molecule has 0 spiro atoms. The average Bonchev–Trinajstić information content (AvgIpc) is 3.24. The third-order valence-corrected chi connectivity index (χ3v) is 5.75. The van der Waals surface area contributed by atoms with Gasteiger partial charge in [-0.05, 0) is 55.5 Å². The molecule has 4 rings (SSSR count). The molecule has 0 saturated heterocycles. The number of aromatic nitrogens is 4. The molecule has 0 aliphatic heterocycles. The monoisotopic (exact) mass is 458 g/mol. The number of rotatable bonds is 7. The van der Waals surface area contributed by atoms with Gasteiger partial charge in [-0.15, -0.1) is 10.2 Å². The number of hydrogen-bond acceptors (Lipinski definition) is 6. The van der Waals surface area contributed by atoms with Crippen molar-refractivity contribution in [1.29, 1.82) is 0 Å². The van der Waals surface area contributed by atoms with E-state index in [9.17, 15) is 9.59 Å². The van der Waals surface area contributed by atoms with Gasteiger partial charge in [-0.25, -0.2) is 0 Å². The van der Waals surface area contributed by atoms with E-state index < -0.39 is 5.25 Å². The molecule has 1 atom stereocenters. The molecular formula is C24H22N6O2S. The molecule has 2 heterocycles. The molecule has 8 nitrogen and oxygen atoms in total. The van der Waals surface area contributed by atoms with Crippen LogP contribution in [0.1, 0.15) is 13.8 Å². The van der Waals surface area contributed by atoms with E-state index in [-0.39, 0.29) is 11.8 Å². The maximum Gasteiger partial charge on any atom is 0.237 e. The third-order valence-electron chi connectivity index (χ3n) is 4.71. The van der Waals surface area contributed by atoms with E-state index in [0.717, 1.165) is 11.3 Å². The van der Waals surface area contributed by atoms with Gasteiger partial charge in [-0.2, -0.15) is 0 Å². The molecule has 0 aliphatic carbocycles. The first kappa shape index (κ1) is 22.2. The van der Waals surface area contributed by atoms with E-state index in [1.165, 1.54) is 18.7 Å². The number of anilines is 2. The molecule has 2 aromatic carbocycles. The van der Waals surface area contributed by atoms with E-state index in [2.05, 4.69) is 25.8 Å². The largest absolute Gasteiger partial charge is 0.326 e. The van der Waals surface area contributed by atoms with Crippen LogP contribution in [-0.2, 0) is 9.59 Å². The minimum absolute atomic E-state index is 0.148. The van der Waals surface area contributed by atoms with Gasteiger partial charge < -0.3 is 10.6 Å². The molecule has 0 bridgehead atoms. The lowest BCUT2D eigenvalue weighted by Crippen LogP contribution is -2.23. The molecule has 2 amide bonds. The van der Waals surface area contributed by atoms with E-state index in [1.54, 1.807) is 36.7 Å². The number of benzene rings is 2. The number of pyridine rings is 1. The molecule has 9 heteroatoms. The predicted molar refractivity (Wildman–Crippen MR) is 129 cm³/mol. The van der Waals surface area contributed by atoms with Gasteiger partial charge >= 0.3 is 0 Å². The van der Waals surface area contributed by atoms with E-state index in [1.807, 2.05) is 54.0 Å². The van der Waals surface area contributed by atoms with Gasteiger partial charge in [0.1, 0.15) is 0 Å². The highest BCUT2D eigenvalue weighted by Crippen LogP contribution is 2.30. The lowest BCUT2D eigenvalue weighted by molar-refractivity contribution is -0.115. The van der Waals surface area contributed by atoms with Crippen LogP contribution in [0.5, 0.6) is 0 Å². The maximum absolute atomic E-state index is 12.8. The zero-order valence-corrected chi connectivity index (χ0v) is 18.9. The van der Waals surface area contributed by atoms with Crippen LogP contribution in [0.15, 0.2) is 84.3 Å². The fourth-order valence-corrected chi connectivity index (χ4v) is 4.01. The minimum Gasteiger partial charge on any atom is -0.326 e. The summed E-state index contributed by atoms with van der Waals surface area (Å²) in [6, 6.07) is 20.5. The van der Waals surface area contributed by atoms with Crippen LogP contribution in [0, 0.1) is 0 Å². The molecule has 2 N–H and O–H groups in total. The zero-order valence-electron chi connectivity index (χ0n) is 18.1. The summed E-state index contributed by atoms with van der Waals surface area (Å²) in [4.78, 5) is 28.1. The molecule has 2 aromatic heterocycles. The van der Waals surface area contributed by atoms with Gasteiger partial charge in [-0.3, -0.25) is 19.1 Å². The van der Waals surface area contributed by atoms with Gasteiger partial charge in [0.05, 0.1) is 5.25 Å². The van der Waals surface area contributed by atoms with Crippen LogP contribution in [0.3, 0.4) is 0 Å². The quantitative estimate of drug-likeness (QED) is 0.398. The van der Waals surface area contributed by atoms with E-state index >= 15 is 0 Å². The highest BCUT2D eigenvalue weighted by Gasteiger charge is 2.22. The maximum atomic E-state index is 12.8. The number of nitrogens with zero attached hydrogens (tertiary/aromatic N) is 4. The van der Waals surface area contributed by atoms with Crippen molar-refractivity contribution in [3.05, 3.63) is 79.1 Å². The van der Waals surface area contributed by atoms with Crippen LogP contribution in [0.4, 0.5) is 11.4 Å². The first-order valence-corrected chi connectivity index (χ1v) is 11.2. The molecule has 0 fully saturated rings. The standard InChI is InChI=1S/C24H22N6O2S/c1-16(23(32)27-20-10-8-19(9-11-20)26-17(2)31)33-24-29-28-22(18-12-14-25-15-13-18)30(24)21-6-4-3-5-7-21/h3-16H,1-2H3,(H,26,31)(H,27,32)/t16-/m1/s1. The number of carbonyl (C=O) groups is 2. The van der Waals surface area contributed by atoms with Crippen molar-refractivity contribution in [2.75, 3.05) is 10.6 Å². The summed E-state index contributed by atoms with van der Waals surface area (Å²) in [7, 11) is 0. The topological polar surface area (TPSA) is 102 Å². The Bertz CT molecular complexity index is 1240. The van der Waals surface area contributed by atoms with Crippen LogP contribution >= 0.6 is 11.8 Å². The zero-order chi connectivity index (χ0) is 23.2. The number of hydrogen-bond donors (Lipinski definition) is 2. The van der Waals surface area contributed by atoms with Crippen LogP contribution in [0.2, 0.25) is 0 Å². The summed E-state index contributed by atoms with van der Waals surface area (Å²) in [5, 5.41) is 14.5. The third kappa shape index (κ3) is 5.45. The Morgan fingerprint density at radius 2 is 1.52 bits per heavy atom. The van der Waals surface area contributed by atoms with E-state index in [0.29, 0.717) is 22.4 Å². The van der Waals surface area contributed by atoms with Crippen molar-refractivity contribution < 1.29 is 9.59 Å². The lowest BCUT2D eigenvalue weighted by Gasteiger charge is -2.14. The second kappa shape index (κ2) is 10.1. The van der Waals surface area contributed by atoms with E-state index in [4.69, 9.17) is 0 Å². The first-order valence-electron chi connectivity index (χ1n) is 10.3. The van der Waals surface area contributed by atoms with Crippen molar-refractivity contribution in [3.8, 4) is 17.1 Å². The predicted octanol–water partition coefficient (Wildman–Crippen LogP) is 4.41. The Labute approximate surface area is 195 Å². The van der Waals surface area contributed by atoms with Gasteiger partial charge in [0.2, 0.25) is 11.8 Å². The summed E-state index contributed by atoms with van der Waals surface area (Å²) in [5.41, 5.74) is 3.09. The van der Waals surface area contributed by atoms with Crippen molar-refractivity contribution >= 4 is 35.0 Å². The Balaban J connectivity index is 1.54. The Morgan fingerprint density at radius 1 is 0.879 bits per heavy atom. The molecule has 0 aliphatic rings. The molecular weight excluding hydrogens is 436 g/mol. The molecule has 0 saturated carbocycles. The van der Waals surface area contributed by atoms with Crippen LogP contribution in [0.25, 0.3) is 17.1 Å². The van der Waals surface area contributed by atoms with Gasteiger partial charge in [0, 0.05) is 41.9 Å². The second-order valence-electron chi connectivity index (χ2n) is 7.22. The van der Waals surface area contributed by atoms with Crippen molar-refractivity contribution in [2.24, 2.45) is 0 Å². The lowest BCUT2D eigenvalue weighted by atomic mass is 10.2. The van der Waals surface area contributed by atoms with Crippen LogP contribution in [-0.4, -0.2) is 36.8 Å². The Hall–Kier alpha value is -3.98. The highest BCUT2D eigenvalue weighted by molar-refractivity contribution is 8.00. The number of amides is 2. The normalized spacial score (nSPS) is 11.6. The van der Waals surface area contributed by atoms with Crippen molar-refractivity contribution in [3.63, 3.8) is 0 Å². The number of para-hydroxylation sites is 1. The summed E-state index contributed by atoms with van der Waals surface area (Å²) < 4.78 is 1.94. The highest BCUT2D eigenvalue weighted by atomic mass is 32.2. The number of thioether (sulfide) groups is 1. The Kier molecular flexibility index (Phi) is 6.80. The SMILES string of the molecule is CC(=O)Nc1ccc(NC(=O)[C@@H](C)Sc2nnc(-c3ccncc3)n2-c2ccccc2)cc1. The Morgan fingerprint density at radius 3 is 2.15 bits per heavy atom. The number of nitrogens with one attached hydrogen (secondary N) is 2. The second-order valence-corrected chi connectivity index (χ2v) is 8.53. The van der Waals surface area contributed by atoms with Crippen molar-refractivity contribution in [2.45, 2.75) is 24.3 Å². The number of carbonyl (C=O) groups excluding carboxylic acids is 2. The van der Waals surface area contributed by atoms with Crippen molar-refractivity contribution in [1.82, 2.24) is 19.7 Å². The van der Waals surface area contributed by atoms with Gasteiger partial charge in [0.25, 0.3) is 0 Å². The first-order chi connectivity index (χ1) is 16.0. The molecule has 4 aromatic rings. The molecule has 166 valence electrons. The average molecular weight is 459 g/mol. The minimum atomic E-state index is -0.433. The van der Waals surface area contributed by atoms with Gasteiger partial charge in [-0.1, -0.05) is 30.0 Å². The molecule has 0 radical (unpaired) electrons. The van der Waals surface area contributed by atoms with Crippen LogP contribution < -0.4 is 10.6 Å². The fourth-order valence-electron chi connectivity index (χ4n) is 3.14. The summed E-state index contributed by atoms with van der Waals surface area (Å²) in [5.74, 6) is 0.359. The summed E-state index contributed by atoms with van der Waals surface area (Å²) in [6.45, 7) is 3.27. The summed E-state index contributed by atoms with van der Waals surface area (Å²) >= 11 is 1.32. The molecule has 0 unspecified atom stereocenters. The van der Waals surface area contributed by atoms with Gasteiger partial charge in [0.15, 0.2) is 11.0 Å². The smallest absolute Gasteiger partial charge is 0.237 e. The molecule has 33 heavy (non-hydrogen) atoms. The summed E-state index contributed by atoms with van der Waals surface area (Å²) in [6.07, 6.45) is 3.42. The fraction of sp³-hybridized carbons (Fsp3) is 0.125.